The van der Waals surface area contributed by atoms with Crippen LogP contribution in [0.15, 0.2) is 35.1 Å². The molecule has 19 heavy (non-hydrogen) atoms. The standard InChI is InChI=1S/C15H18N2O2/c1-10(2)13-14(19-9-17-13)15(18)16-8-12-7-5-4-6-11(12)3/h4-7,9-10H,8H2,1-3H3,(H,16,18). The Morgan fingerprint density at radius 1 is 1.37 bits per heavy atom. The first-order valence-corrected chi connectivity index (χ1v) is 6.35. The third kappa shape index (κ3) is 3.02. The van der Waals surface area contributed by atoms with Crippen molar-refractivity contribution < 1.29 is 9.21 Å². The minimum Gasteiger partial charge on any atom is -0.438 e. The van der Waals surface area contributed by atoms with Gasteiger partial charge in [0.05, 0.1) is 5.69 Å². The Balaban J connectivity index is 2.06. The molecule has 0 atom stereocenters. The van der Waals surface area contributed by atoms with Gasteiger partial charge in [0.25, 0.3) is 5.91 Å². The van der Waals surface area contributed by atoms with Crippen molar-refractivity contribution in [2.45, 2.75) is 33.2 Å². The highest BCUT2D eigenvalue weighted by Gasteiger charge is 2.18. The number of nitrogens with one attached hydrogen (secondary N) is 1. The second-order valence-electron chi connectivity index (χ2n) is 4.83. The molecule has 0 saturated heterocycles. The van der Waals surface area contributed by atoms with Gasteiger partial charge in [-0.2, -0.15) is 0 Å². The van der Waals surface area contributed by atoms with Crippen molar-refractivity contribution >= 4 is 5.91 Å². The fraction of sp³-hybridized carbons (Fsp3) is 0.333. The summed E-state index contributed by atoms with van der Waals surface area (Å²) in [6.45, 7) is 6.48. The molecule has 0 aliphatic heterocycles. The van der Waals surface area contributed by atoms with Crippen LogP contribution in [-0.2, 0) is 6.54 Å². The van der Waals surface area contributed by atoms with Crippen LogP contribution in [0.2, 0.25) is 0 Å². The van der Waals surface area contributed by atoms with Gasteiger partial charge in [0.15, 0.2) is 6.39 Å². The minimum absolute atomic E-state index is 0.165. The highest BCUT2D eigenvalue weighted by atomic mass is 16.3. The number of hydrogen-bond acceptors (Lipinski definition) is 3. The molecule has 1 aromatic heterocycles. The summed E-state index contributed by atoms with van der Waals surface area (Å²) >= 11 is 0. The van der Waals surface area contributed by atoms with E-state index in [2.05, 4.69) is 10.3 Å². The fourth-order valence-electron chi connectivity index (χ4n) is 1.90. The molecule has 1 N–H and O–H groups in total. The van der Waals surface area contributed by atoms with E-state index in [1.54, 1.807) is 0 Å². The molecule has 2 aromatic rings. The molecule has 2 rings (SSSR count). The second kappa shape index (κ2) is 5.69. The molecule has 0 aliphatic rings. The average Bonchev–Trinajstić information content (AvgIpc) is 2.87. The normalized spacial score (nSPS) is 10.7. The van der Waals surface area contributed by atoms with Crippen LogP contribution in [0.4, 0.5) is 0 Å². The van der Waals surface area contributed by atoms with Gasteiger partial charge in [0.2, 0.25) is 5.76 Å². The van der Waals surface area contributed by atoms with Crippen LogP contribution in [0.3, 0.4) is 0 Å². The molecule has 1 heterocycles. The molecule has 1 aromatic carbocycles. The molecule has 4 heteroatoms. The molecule has 0 spiro atoms. The smallest absolute Gasteiger partial charge is 0.289 e. The second-order valence-corrected chi connectivity index (χ2v) is 4.83. The maximum absolute atomic E-state index is 12.1. The van der Waals surface area contributed by atoms with Gasteiger partial charge in [-0.25, -0.2) is 4.98 Å². The number of aryl methyl sites for hydroxylation is 1. The third-order valence-electron chi connectivity index (χ3n) is 3.05. The van der Waals surface area contributed by atoms with Gasteiger partial charge in [0.1, 0.15) is 0 Å². The van der Waals surface area contributed by atoms with E-state index in [0.29, 0.717) is 18.0 Å². The number of benzene rings is 1. The quantitative estimate of drug-likeness (QED) is 0.917. The van der Waals surface area contributed by atoms with Gasteiger partial charge >= 0.3 is 0 Å². The van der Waals surface area contributed by atoms with Crippen LogP contribution >= 0.6 is 0 Å². The predicted molar refractivity (Wildman–Crippen MR) is 72.9 cm³/mol. The summed E-state index contributed by atoms with van der Waals surface area (Å²) in [5.41, 5.74) is 2.95. The number of oxazole rings is 1. The van der Waals surface area contributed by atoms with Gasteiger partial charge in [-0.05, 0) is 24.0 Å². The van der Waals surface area contributed by atoms with Crippen LogP contribution in [-0.4, -0.2) is 10.9 Å². The lowest BCUT2D eigenvalue weighted by molar-refractivity contribution is 0.0921. The van der Waals surface area contributed by atoms with Gasteiger partial charge < -0.3 is 9.73 Å². The Labute approximate surface area is 112 Å². The Morgan fingerprint density at radius 3 is 2.79 bits per heavy atom. The Hall–Kier alpha value is -2.10. The van der Waals surface area contributed by atoms with E-state index in [4.69, 9.17) is 4.42 Å². The minimum atomic E-state index is -0.218. The van der Waals surface area contributed by atoms with E-state index in [1.165, 1.54) is 6.39 Å². The van der Waals surface area contributed by atoms with Crippen molar-refractivity contribution in [2.75, 3.05) is 0 Å². The number of rotatable bonds is 4. The highest BCUT2D eigenvalue weighted by molar-refractivity contribution is 5.92. The number of carbonyl (C=O) groups excluding carboxylic acids is 1. The lowest BCUT2D eigenvalue weighted by Gasteiger charge is -2.08. The van der Waals surface area contributed by atoms with Gasteiger partial charge in [-0.3, -0.25) is 4.79 Å². The number of nitrogens with zero attached hydrogens (tertiary/aromatic N) is 1. The van der Waals surface area contributed by atoms with Crippen LogP contribution in [0.25, 0.3) is 0 Å². The molecule has 4 nitrogen and oxygen atoms in total. The molecule has 0 bridgehead atoms. The largest absolute Gasteiger partial charge is 0.438 e. The van der Waals surface area contributed by atoms with Crippen LogP contribution < -0.4 is 5.32 Å². The van der Waals surface area contributed by atoms with Crippen molar-refractivity contribution in [3.05, 3.63) is 53.2 Å². The Morgan fingerprint density at radius 2 is 2.11 bits per heavy atom. The summed E-state index contributed by atoms with van der Waals surface area (Å²) in [5, 5.41) is 2.86. The van der Waals surface area contributed by atoms with E-state index in [9.17, 15) is 4.79 Å². The van der Waals surface area contributed by atoms with E-state index >= 15 is 0 Å². The number of hydrogen-bond donors (Lipinski definition) is 1. The SMILES string of the molecule is Cc1ccccc1CNC(=O)c1ocnc1C(C)C. The molecule has 0 aliphatic carbocycles. The maximum atomic E-state index is 12.1. The van der Waals surface area contributed by atoms with Crippen LogP contribution in [0.5, 0.6) is 0 Å². The van der Waals surface area contributed by atoms with E-state index in [0.717, 1.165) is 11.1 Å². The molecule has 0 unspecified atom stereocenters. The van der Waals surface area contributed by atoms with Gasteiger partial charge in [-0.15, -0.1) is 0 Å². The van der Waals surface area contributed by atoms with Crippen LogP contribution in [0, 0.1) is 6.92 Å². The molecule has 0 radical (unpaired) electrons. The van der Waals surface area contributed by atoms with Crippen molar-refractivity contribution in [3.8, 4) is 0 Å². The van der Waals surface area contributed by atoms with Gasteiger partial charge in [0, 0.05) is 6.54 Å². The molecule has 0 saturated carbocycles. The lowest BCUT2D eigenvalue weighted by Crippen LogP contribution is -2.24. The lowest BCUT2D eigenvalue weighted by atomic mass is 10.1. The van der Waals surface area contributed by atoms with E-state index < -0.39 is 0 Å². The summed E-state index contributed by atoms with van der Waals surface area (Å²) in [4.78, 5) is 16.2. The van der Waals surface area contributed by atoms with Crippen LogP contribution in [0.1, 0.15) is 47.1 Å². The topological polar surface area (TPSA) is 55.1 Å². The first kappa shape index (κ1) is 13.3. The maximum Gasteiger partial charge on any atom is 0.289 e. The molecule has 1 amide bonds. The Kier molecular flexibility index (Phi) is 4.00. The zero-order valence-electron chi connectivity index (χ0n) is 11.4. The Bertz CT molecular complexity index is 573. The predicted octanol–water partition coefficient (Wildman–Crippen LogP) is 3.04. The first-order valence-electron chi connectivity index (χ1n) is 6.35. The van der Waals surface area contributed by atoms with Crippen molar-refractivity contribution in [3.63, 3.8) is 0 Å². The fourth-order valence-corrected chi connectivity index (χ4v) is 1.90. The van der Waals surface area contributed by atoms with E-state index in [-0.39, 0.29) is 11.8 Å². The molecule has 100 valence electrons. The monoisotopic (exact) mass is 258 g/mol. The van der Waals surface area contributed by atoms with E-state index in [1.807, 2.05) is 45.0 Å². The number of amides is 1. The highest BCUT2D eigenvalue weighted by Crippen LogP contribution is 2.17. The molecule has 0 fully saturated rings. The average molecular weight is 258 g/mol. The van der Waals surface area contributed by atoms with Gasteiger partial charge in [-0.1, -0.05) is 38.1 Å². The van der Waals surface area contributed by atoms with Crippen molar-refractivity contribution in [1.82, 2.24) is 10.3 Å². The third-order valence-corrected chi connectivity index (χ3v) is 3.05. The van der Waals surface area contributed by atoms with Crippen molar-refractivity contribution in [1.29, 1.82) is 0 Å². The summed E-state index contributed by atoms with van der Waals surface area (Å²) in [5.74, 6) is 0.256. The summed E-state index contributed by atoms with van der Waals surface area (Å²) < 4.78 is 5.18. The number of carbonyl (C=O) groups is 1. The van der Waals surface area contributed by atoms with Crippen molar-refractivity contribution in [2.24, 2.45) is 0 Å². The summed E-state index contributed by atoms with van der Waals surface area (Å²) in [6.07, 6.45) is 1.32. The zero-order valence-corrected chi connectivity index (χ0v) is 11.4. The number of aromatic nitrogens is 1. The summed E-state index contributed by atoms with van der Waals surface area (Å²) in [6, 6.07) is 7.96. The zero-order chi connectivity index (χ0) is 13.8. The molecular weight excluding hydrogens is 240 g/mol. The first-order chi connectivity index (χ1) is 9.09. The summed E-state index contributed by atoms with van der Waals surface area (Å²) in [7, 11) is 0. The molecular formula is C15H18N2O2.